The first-order valence-corrected chi connectivity index (χ1v) is 12.4. The first-order chi connectivity index (χ1) is 17.1. The van der Waals surface area contributed by atoms with E-state index < -0.39 is 6.04 Å². The third-order valence-corrected chi connectivity index (χ3v) is 7.50. The van der Waals surface area contributed by atoms with Crippen LogP contribution >= 0.6 is 0 Å². The van der Waals surface area contributed by atoms with Gasteiger partial charge >= 0.3 is 0 Å². The molecular weight excluding hydrogens is 434 g/mol. The molecule has 2 aliphatic rings. The number of benzene rings is 3. The lowest BCUT2D eigenvalue weighted by Gasteiger charge is -2.47. The van der Waals surface area contributed by atoms with Crippen LogP contribution in [0.25, 0.3) is 10.9 Å². The van der Waals surface area contributed by atoms with Crippen molar-refractivity contribution in [1.82, 2.24) is 14.8 Å². The van der Waals surface area contributed by atoms with Gasteiger partial charge in [-0.2, -0.15) is 0 Å². The zero-order chi connectivity index (χ0) is 23.9. The third kappa shape index (κ3) is 3.91. The fraction of sp³-hybridized carbons (Fsp3) is 0.267. The molecular formula is C30H29N3O2. The minimum atomic E-state index is -0.464. The summed E-state index contributed by atoms with van der Waals surface area (Å²) in [6.07, 6.45) is 2.17. The summed E-state index contributed by atoms with van der Waals surface area (Å²) in [7, 11) is 0. The Kier molecular flexibility index (Phi) is 5.40. The monoisotopic (exact) mass is 463 g/mol. The number of piperazine rings is 1. The lowest BCUT2D eigenvalue weighted by Crippen LogP contribution is -2.62. The molecule has 1 saturated heterocycles. The van der Waals surface area contributed by atoms with Crippen molar-refractivity contribution in [3.8, 4) is 0 Å². The van der Waals surface area contributed by atoms with Crippen molar-refractivity contribution >= 4 is 22.7 Å². The van der Waals surface area contributed by atoms with Gasteiger partial charge in [-0.1, -0.05) is 78.4 Å². The van der Waals surface area contributed by atoms with Gasteiger partial charge in [0.15, 0.2) is 0 Å². The fourth-order valence-corrected chi connectivity index (χ4v) is 5.74. The molecule has 6 rings (SSSR count). The Morgan fingerprint density at radius 1 is 0.886 bits per heavy atom. The van der Waals surface area contributed by atoms with Crippen LogP contribution < -0.4 is 0 Å². The number of aromatic amines is 1. The summed E-state index contributed by atoms with van der Waals surface area (Å²) in [5, 5.41) is 1.16. The first-order valence-electron chi connectivity index (χ1n) is 12.4. The lowest BCUT2D eigenvalue weighted by molar-refractivity contribution is -0.160. The normalized spacial score (nSPS) is 19.7. The number of H-pyrrole nitrogens is 1. The number of aryl methyl sites for hydroxylation is 2. The van der Waals surface area contributed by atoms with Crippen LogP contribution in [0.3, 0.4) is 0 Å². The summed E-state index contributed by atoms with van der Waals surface area (Å²) in [5.74, 6) is 0.0786. The van der Waals surface area contributed by atoms with Crippen LogP contribution in [-0.2, 0) is 29.0 Å². The second-order valence-electron chi connectivity index (χ2n) is 9.80. The Morgan fingerprint density at radius 2 is 1.63 bits per heavy atom. The van der Waals surface area contributed by atoms with Gasteiger partial charge in [0.05, 0.1) is 6.04 Å². The van der Waals surface area contributed by atoms with Gasteiger partial charge in [-0.25, -0.2) is 0 Å². The average Bonchev–Trinajstić information content (AvgIpc) is 3.25. The topological polar surface area (TPSA) is 56.4 Å². The van der Waals surface area contributed by atoms with Gasteiger partial charge in [0, 0.05) is 29.6 Å². The molecule has 2 atom stereocenters. The van der Waals surface area contributed by atoms with E-state index in [0.29, 0.717) is 13.0 Å². The SMILES string of the molecule is Cc1ccc(CN2CC(=O)N3C(Cc4c([nH]c5ccccc45)C3CCc3ccccc3)C2=O)cc1. The Morgan fingerprint density at radius 3 is 2.43 bits per heavy atom. The molecule has 0 bridgehead atoms. The maximum atomic E-state index is 13.8. The lowest BCUT2D eigenvalue weighted by atomic mass is 9.86. The van der Waals surface area contributed by atoms with E-state index in [2.05, 4.69) is 41.4 Å². The van der Waals surface area contributed by atoms with Crippen molar-refractivity contribution < 1.29 is 9.59 Å². The van der Waals surface area contributed by atoms with Crippen LogP contribution in [0.4, 0.5) is 0 Å². The highest BCUT2D eigenvalue weighted by Crippen LogP contribution is 2.41. The highest BCUT2D eigenvalue weighted by Gasteiger charge is 2.47. The number of fused-ring (bicyclic) bond motifs is 4. The van der Waals surface area contributed by atoms with Crippen LogP contribution in [0.15, 0.2) is 78.9 Å². The fourth-order valence-electron chi connectivity index (χ4n) is 5.74. The molecule has 4 aromatic rings. The highest BCUT2D eigenvalue weighted by atomic mass is 16.2. The molecule has 1 aromatic heterocycles. The van der Waals surface area contributed by atoms with E-state index in [0.717, 1.165) is 35.0 Å². The first kappa shape index (κ1) is 21.7. The van der Waals surface area contributed by atoms with Crippen molar-refractivity contribution in [3.63, 3.8) is 0 Å². The summed E-state index contributed by atoms with van der Waals surface area (Å²) < 4.78 is 0. The van der Waals surface area contributed by atoms with Gasteiger partial charge in [0.1, 0.15) is 12.6 Å². The summed E-state index contributed by atoms with van der Waals surface area (Å²) in [6, 6.07) is 26.2. The average molecular weight is 464 g/mol. The number of aromatic nitrogens is 1. The molecule has 2 amide bonds. The number of para-hydroxylation sites is 1. The van der Waals surface area contributed by atoms with Crippen molar-refractivity contribution in [1.29, 1.82) is 0 Å². The smallest absolute Gasteiger partial charge is 0.246 e. The van der Waals surface area contributed by atoms with E-state index in [9.17, 15) is 9.59 Å². The number of nitrogens with zero attached hydrogens (tertiary/aromatic N) is 2. The second-order valence-corrected chi connectivity index (χ2v) is 9.80. The number of nitrogens with one attached hydrogen (secondary N) is 1. The minimum absolute atomic E-state index is 0.0316. The predicted octanol–water partition coefficient (Wildman–Crippen LogP) is 4.95. The number of carbonyl (C=O) groups is 2. The van der Waals surface area contributed by atoms with Crippen molar-refractivity contribution in [3.05, 3.63) is 107 Å². The number of hydrogen-bond donors (Lipinski definition) is 1. The van der Waals surface area contributed by atoms with Gasteiger partial charge in [0.25, 0.3) is 0 Å². The molecule has 0 aliphatic carbocycles. The largest absolute Gasteiger partial charge is 0.356 e. The predicted molar refractivity (Wildman–Crippen MR) is 137 cm³/mol. The molecule has 0 radical (unpaired) electrons. The van der Waals surface area contributed by atoms with E-state index in [1.54, 1.807) is 4.90 Å². The third-order valence-electron chi connectivity index (χ3n) is 7.50. The molecule has 2 unspecified atom stereocenters. The molecule has 176 valence electrons. The van der Waals surface area contributed by atoms with Crippen molar-refractivity contribution in [2.75, 3.05) is 6.54 Å². The minimum Gasteiger partial charge on any atom is -0.356 e. The Balaban J connectivity index is 1.35. The van der Waals surface area contributed by atoms with Crippen LogP contribution in [0.2, 0.25) is 0 Å². The molecule has 35 heavy (non-hydrogen) atoms. The van der Waals surface area contributed by atoms with E-state index >= 15 is 0 Å². The maximum Gasteiger partial charge on any atom is 0.246 e. The molecule has 5 nitrogen and oxygen atoms in total. The summed E-state index contributed by atoms with van der Waals surface area (Å²) in [5.41, 5.74) is 6.81. The van der Waals surface area contributed by atoms with Crippen LogP contribution in [0, 0.1) is 6.92 Å². The Hall–Kier alpha value is -3.86. The molecule has 3 heterocycles. The number of amides is 2. The van der Waals surface area contributed by atoms with Gasteiger partial charge in [-0.15, -0.1) is 0 Å². The number of carbonyl (C=O) groups excluding carboxylic acids is 2. The van der Waals surface area contributed by atoms with E-state index in [1.165, 1.54) is 16.7 Å². The molecule has 2 aliphatic heterocycles. The van der Waals surface area contributed by atoms with Crippen molar-refractivity contribution in [2.24, 2.45) is 0 Å². The second kappa shape index (κ2) is 8.73. The zero-order valence-electron chi connectivity index (χ0n) is 19.9. The van der Waals surface area contributed by atoms with Crippen LogP contribution in [0.1, 0.15) is 40.4 Å². The number of rotatable bonds is 5. The van der Waals surface area contributed by atoms with E-state index in [-0.39, 0.29) is 24.4 Å². The van der Waals surface area contributed by atoms with Crippen molar-refractivity contribution in [2.45, 2.75) is 44.8 Å². The molecule has 3 aromatic carbocycles. The molecule has 1 fully saturated rings. The zero-order valence-corrected chi connectivity index (χ0v) is 19.9. The molecule has 1 N–H and O–H groups in total. The van der Waals surface area contributed by atoms with Gasteiger partial charge in [-0.3, -0.25) is 9.59 Å². The Bertz CT molecular complexity index is 1390. The van der Waals surface area contributed by atoms with Crippen LogP contribution in [0.5, 0.6) is 0 Å². The Labute approximate surface area is 205 Å². The van der Waals surface area contributed by atoms with Gasteiger partial charge in [0.2, 0.25) is 11.8 Å². The van der Waals surface area contributed by atoms with Gasteiger partial charge in [-0.05, 0) is 42.5 Å². The maximum absolute atomic E-state index is 13.8. The quantitative estimate of drug-likeness (QED) is 0.456. The van der Waals surface area contributed by atoms with Crippen LogP contribution in [-0.4, -0.2) is 39.2 Å². The summed E-state index contributed by atoms with van der Waals surface area (Å²) in [6.45, 7) is 2.64. The molecule has 0 spiro atoms. The summed E-state index contributed by atoms with van der Waals surface area (Å²) in [4.78, 5) is 34.6. The molecule has 0 saturated carbocycles. The standard InChI is InChI=1S/C30H29N3O2/c1-20-11-13-22(14-12-20)18-32-19-28(34)33-26(16-15-21-7-3-2-4-8-21)29-24(17-27(33)30(32)35)23-9-5-6-10-25(23)31-29/h2-14,26-27,31H,15-19H2,1H3. The number of hydrogen-bond acceptors (Lipinski definition) is 2. The highest BCUT2D eigenvalue weighted by molar-refractivity contribution is 5.97. The van der Waals surface area contributed by atoms with E-state index in [1.807, 2.05) is 54.3 Å². The summed E-state index contributed by atoms with van der Waals surface area (Å²) >= 11 is 0. The molecule has 5 heteroatoms. The van der Waals surface area contributed by atoms with Gasteiger partial charge < -0.3 is 14.8 Å². The van der Waals surface area contributed by atoms with E-state index in [4.69, 9.17) is 0 Å².